The fourth-order valence-corrected chi connectivity index (χ4v) is 4.40. The van der Waals surface area contributed by atoms with Crippen LogP contribution >= 0.6 is 27.3 Å². The van der Waals surface area contributed by atoms with E-state index in [1.165, 1.54) is 53.0 Å². The van der Waals surface area contributed by atoms with Crippen molar-refractivity contribution in [2.75, 3.05) is 13.1 Å². The Hall–Kier alpha value is 0.100. The van der Waals surface area contributed by atoms with Crippen molar-refractivity contribution in [3.8, 4) is 0 Å². The zero-order valence-corrected chi connectivity index (χ0v) is 13.3. The summed E-state index contributed by atoms with van der Waals surface area (Å²) >= 11 is 5.56. The molecule has 0 aromatic carbocycles. The van der Waals surface area contributed by atoms with Gasteiger partial charge in [-0.25, -0.2) is 0 Å². The number of nitrogens with one attached hydrogen (secondary N) is 1. The van der Waals surface area contributed by atoms with Crippen LogP contribution in [0.15, 0.2) is 10.5 Å². The van der Waals surface area contributed by atoms with Gasteiger partial charge in [-0.2, -0.15) is 0 Å². The minimum Gasteiger partial charge on any atom is -0.313 e. The van der Waals surface area contributed by atoms with Gasteiger partial charge in [-0.15, -0.1) is 11.3 Å². The van der Waals surface area contributed by atoms with Gasteiger partial charge in [0.25, 0.3) is 0 Å². The van der Waals surface area contributed by atoms with Gasteiger partial charge in [0, 0.05) is 39.4 Å². The lowest BCUT2D eigenvalue weighted by Gasteiger charge is -2.25. The molecular weight excluding hydrogens is 308 g/mol. The Kier molecular flexibility index (Phi) is 4.09. The Morgan fingerprint density at radius 3 is 2.83 bits per heavy atom. The van der Waals surface area contributed by atoms with Crippen LogP contribution in [0.4, 0.5) is 0 Å². The maximum absolute atomic E-state index is 3.63. The average molecular weight is 329 g/mol. The van der Waals surface area contributed by atoms with Crippen LogP contribution in [0, 0.1) is 6.92 Å². The Morgan fingerprint density at radius 1 is 1.44 bits per heavy atom. The number of rotatable bonds is 5. The van der Waals surface area contributed by atoms with Crippen molar-refractivity contribution in [2.24, 2.45) is 0 Å². The van der Waals surface area contributed by atoms with E-state index < -0.39 is 0 Å². The summed E-state index contributed by atoms with van der Waals surface area (Å²) in [4.78, 5) is 5.60. The maximum atomic E-state index is 3.63. The predicted octanol–water partition coefficient (Wildman–Crippen LogP) is 3.54. The van der Waals surface area contributed by atoms with Crippen molar-refractivity contribution in [3.63, 3.8) is 0 Å². The molecule has 18 heavy (non-hydrogen) atoms. The van der Waals surface area contributed by atoms with Crippen molar-refractivity contribution in [1.82, 2.24) is 10.2 Å². The molecule has 1 atom stereocenters. The molecular formula is C14H21BrN2S. The van der Waals surface area contributed by atoms with Gasteiger partial charge in [-0.3, -0.25) is 4.90 Å². The van der Waals surface area contributed by atoms with Crippen LogP contribution in [0.5, 0.6) is 0 Å². The topological polar surface area (TPSA) is 15.3 Å². The molecule has 1 aromatic rings. The third-order valence-electron chi connectivity index (χ3n) is 3.95. The molecule has 1 aromatic heterocycles. The quantitative estimate of drug-likeness (QED) is 0.889. The highest BCUT2D eigenvalue weighted by Crippen LogP contribution is 2.32. The van der Waals surface area contributed by atoms with Crippen LogP contribution in [0.25, 0.3) is 0 Å². The van der Waals surface area contributed by atoms with E-state index in [4.69, 9.17) is 0 Å². The SMILES string of the molecule is Cc1sc(CN(CC2CCCN2)C2CC2)cc1Br. The molecule has 1 saturated heterocycles. The van der Waals surface area contributed by atoms with Gasteiger partial charge in [0.05, 0.1) is 0 Å². The molecule has 0 radical (unpaired) electrons. The second-order valence-electron chi connectivity index (χ2n) is 5.57. The predicted molar refractivity (Wildman–Crippen MR) is 81.2 cm³/mol. The largest absolute Gasteiger partial charge is 0.313 e. The van der Waals surface area contributed by atoms with E-state index in [0.29, 0.717) is 0 Å². The van der Waals surface area contributed by atoms with E-state index >= 15 is 0 Å². The van der Waals surface area contributed by atoms with Crippen molar-refractivity contribution in [3.05, 3.63) is 20.3 Å². The Balaban J connectivity index is 1.62. The van der Waals surface area contributed by atoms with Crippen molar-refractivity contribution in [2.45, 2.75) is 51.2 Å². The van der Waals surface area contributed by atoms with Crippen LogP contribution < -0.4 is 5.32 Å². The van der Waals surface area contributed by atoms with Gasteiger partial charge in [-0.05, 0) is 61.1 Å². The lowest BCUT2D eigenvalue weighted by atomic mass is 10.2. The summed E-state index contributed by atoms with van der Waals surface area (Å²) < 4.78 is 1.28. The van der Waals surface area contributed by atoms with Crippen LogP contribution in [-0.2, 0) is 6.54 Å². The Labute approximate surface area is 122 Å². The molecule has 2 aliphatic rings. The van der Waals surface area contributed by atoms with E-state index in [0.717, 1.165) is 18.6 Å². The monoisotopic (exact) mass is 328 g/mol. The standard InChI is InChI=1S/C14H21BrN2S/c1-10-14(15)7-13(18-10)9-17(12-4-5-12)8-11-3-2-6-16-11/h7,11-12,16H,2-6,8-9H2,1H3. The molecule has 1 saturated carbocycles. The summed E-state index contributed by atoms with van der Waals surface area (Å²) in [7, 11) is 0. The summed E-state index contributed by atoms with van der Waals surface area (Å²) in [5, 5.41) is 3.62. The number of aryl methyl sites for hydroxylation is 1. The van der Waals surface area contributed by atoms with Gasteiger partial charge in [0.1, 0.15) is 0 Å². The number of thiophene rings is 1. The molecule has 3 rings (SSSR count). The fourth-order valence-electron chi connectivity index (χ4n) is 2.77. The molecule has 100 valence electrons. The lowest BCUT2D eigenvalue weighted by Crippen LogP contribution is -2.38. The molecule has 1 unspecified atom stereocenters. The van der Waals surface area contributed by atoms with Crippen molar-refractivity contribution < 1.29 is 0 Å². The van der Waals surface area contributed by atoms with E-state index in [1.807, 2.05) is 11.3 Å². The molecule has 2 nitrogen and oxygen atoms in total. The third-order valence-corrected chi connectivity index (χ3v) is 6.07. The van der Waals surface area contributed by atoms with Crippen molar-refractivity contribution in [1.29, 1.82) is 0 Å². The van der Waals surface area contributed by atoms with Crippen molar-refractivity contribution >= 4 is 27.3 Å². The van der Waals surface area contributed by atoms with E-state index in [1.54, 1.807) is 0 Å². The summed E-state index contributed by atoms with van der Waals surface area (Å²) in [5.74, 6) is 0. The minimum atomic E-state index is 0.732. The Bertz CT molecular complexity index is 388. The Morgan fingerprint density at radius 2 is 2.28 bits per heavy atom. The summed E-state index contributed by atoms with van der Waals surface area (Å²) in [6.07, 6.45) is 5.51. The minimum absolute atomic E-state index is 0.732. The van der Waals surface area contributed by atoms with Gasteiger partial charge in [-0.1, -0.05) is 0 Å². The van der Waals surface area contributed by atoms with E-state index in [2.05, 4.69) is 39.1 Å². The zero-order valence-electron chi connectivity index (χ0n) is 10.9. The number of hydrogen-bond donors (Lipinski definition) is 1. The first kappa shape index (κ1) is 13.1. The highest BCUT2D eigenvalue weighted by molar-refractivity contribution is 9.10. The van der Waals surface area contributed by atoms with Crippen LogP contribution in [0.2, 0.25) is 0 Å². The van der Waals surface area contributed by atoms with Gasteiger partial charge >= 0.3 is 0 Å². The van der Waals surface area contributed by atoms with Crippen LogP contribution in [0.1, 0.15) is 35.4 Å². The third kappa shape index (κ3) is 3.16. The molecule has 0 bridgehead atoms. The smallest absolute Gasteiger partial charge is 0.0332 e. The van der Waals surface area contributed by atoms with Gasteiger partial charge < -0.3 is 5.32 Å². The molecule has 2 heterocycles. The molecule has 0 spiro atoms. The first-order valence-corrected chi connectivity index (χ1v) is 8.55. The first-order chi connectivity index (χ1) is 8.72. The zero-order chi connectivity index (χ0) is 12.5. The summed E-state index contributed by atoms with van der Waals surface area (Å²) in [6, 6.07) is 3.89. The van der Waals surface area contributed by atoms with Gasteiger partial charge in [0.2, 0.25) is 0 Å². The second kappa shape index (κ2) is 5.61. The average Bonchev–Trinajstić information content (AvgIpc) is 2.98. The van der Waals surface area contributed by atoms with E-state index in [-0.39, 0.29) is 0 Å². The molecule has 4 heteroatoms. The second-order valence-corrected chi connectivity index (χ2v) is 7.77. The lowest BCUT2D eigenvalue weighted by molar-refractivity contribution is 0.233. The number of nitrogens with zero attached hydrogens (tertiary/aromatic N) is 1. The fraction of sp³-hybridized carbons (Fsp3) is 0.714. The number of hydrogen-bond acceptors (Lipinski definition) is 3. The molecule has 0 amide bonds. The van der Waals surface area contributed by atoms with E-state index in [9.17, 15) is 0 Å². The number of halogens is 1. The highest BCUT2D eigenvalue weighted by atomic mass is 79.9. The van der Waals surface area contributed by atoms with Crippen LogP contribution in [0.3, 0.4) is 0 Å². The summed E-state index contributed by atoms with van der Waals surface area (Å²) in [5.41, 5.74) is 0. The first-order valence-electron chi connectivity index (χ1n) is 6.94. The highest BCUT2D eigenvalue weighted by Gasteiger charge is 2.31. The summed E-state index contributed by atoms with van der Waals surface area (Å²) in [6.45, 7) is 5.78. The maximum Gasteiger partial charge on any atom is 0.0332 e. The molecule has 1 aliphatic heterocycles. The normalized spacial score (nSPS) is 24.1. The molecule has 1 N–H and O–H groups in total. The van der Waals surface area contributed by atoms with Gasteiger partial charge in [0.15, 0.2) is 0 Å². The van der Waals surface area contributed by atoms with Crippen LogP contribution in [-0.4, -0.2) is 30.1 Å². The molecule has 2 fully saturated rings. The molecule has 1 aliphatic carbocycles.